The number of benzene rings is 2. The van der Waals surface area contributed by atoms with E-state index in [0.717, 1.165) is 26.3 Å². The van der Waals surface area contributed by atoms with E-state index in [0.29, 0.717) is 5.13 Å². The highest BCUT2D eigenvalue weighted by atomic mass is 79.9. The van der Waals surface area contributed by atoms with Crippen LogP contribution in [0.4, 0.5) is 15.6 Å². The van der Waals surface area contributed by atoms with Crippen molar-refractivity contribution >= 4 is 44.1 Å². The topological polar surface area (TPSA) is 66.9 Å². The molecule has 23 heavy (non-hydrogen) atoms. The molecule has 1 aromatic heterocycles. The van der Waals surface area contributed by atoms with Crippen LogP contribution in [-0.4, -0.2) is 16.2 Å². The minimum atomic E-state index is -0.342. The third kappa shape index (κ3) is 4.14. The van der Waals surface area contributed by atoms with E-state index in [1.54, 1.807) is 0 Å². The maximum Gasteiger partial charge on any atom is 0.325 e. The van der Waals surface area contributed by atoms with E-state index < -0.39 is 0 Å². The van der Waals surface area contributed by atoms with Gasteiger partial charge in [-0.05, 0) is 31.2 Å². The van der Waals surface area contributed by atoms with E-state index in [4.69, 9.17) is 0 Å². The van der Waals surface area contributed by atoms with Crippen molar-refractivity contribution in [3.63, 3.8) is 0 Å². The minimum Gasteiger partial charge on any atom is -0.308 e. The molecule has 0 unspecified atom stereocenters. The fraction of sp³-hybridized carbons (Fsp3) is 0.0625. The number of urea groups is 1. The van der Waals surface area contributed by atoms with Gasteiger partial charge in [0, 0.05) is 15.7 Å². The van der Waals surface area contributed by atoms with Crippen LogP contribution in [0.25, 0.3) is 10.6 Å². The molecule has 2 amide bonds. The van der Waals surface area contributed by atoms with Crippen molar-refractivity contribution in [2.45, 2.75) is 6.92 Å². The summed E-state index contributed by atoms with van der Waals surface area (Å²) < 4.78 is 0.969. The highest BCUT2D eigenvalue weighted by molar-refractivity contribution is 9.10. The normalized spacial score (nSPS) is 10.3. The molecule has 0 aliphatic rings. The lowest BCUT2D eigenvalue weighted by atomic mass is 10.2. The van der Waals surface area contributed by atoms with Gasteiger partial charge in [-0.3, -0.25) is 5.32 Å². The van der Waals surface area contributed by atoms with Gasteiger partial charge in [-0.25, -0.2) is 4.79 Å². The monoisotopic (exact) mass is 388 g/mol. The van der Waals surface area contributed by atoms with Gasteiger partial charge < -0.3 is 5.32 Å². The number of hydrogen-bond acceptors (Lipinski definition) is 4. The third-order valence-corrected chi connectivity index (χ3v) is 4.41. The summed E-state index contributed by atoms with van der Waals surface area (Å²) in [5.74, 6) is 0. The first kappa shape index (κ1) is 15.6. The molecule has 0 spiro atoms. The average Bonchev–Trinajstić information content (AvgIpc) is 2.98. The van der Waals surface area contributed by atoms with Gasteiger partial charge in [0.15, 0.2) is 0 Å². The Hall–Kier alpha value is -2.25. The molecule has 3 aromatic rings. The quantitative estimate of drug-likeness (QED) is 0.668. The second-order valence-corrected chi connectivity index (χ2v) is 6.76. The first-order valence-electron chi connectivity index (χ1n) is 6.84. The lowest BCUT2D eigenvalue weighted by molar-refractivity contribution is 0.262. The fourth-order valence-corrected chi connectivity index (χ4v) is 3.04. The number of aromatic nitrogens is 2. The smallest absolute Gasteiger partial charge is 0.308 e. The molecule has 1 heterocycles. The van der Waals surface area contributed by atoms with Crippen LogP contribution in [0.2, 0.25) is 0 Å². The molecule has 0 bridgehead atoms. The Labute approximate surface area is 145 Å². The van der Waals surface area contributed by atoms with E-state index in [1.807, 2.05) is 55.5 Å². The molecule has 0 aliphatic heterocycles. The third-order valence-electron chi connectivity index (χ3n) is 3.03. The van der Waals surface area contributed by atoms with E-state index in [1.165, 1.54) is 11.3 Å². The predicted molar refractivity (Wildman–Crippen MR) is 96.9 cm³/mol. The van der Waals surface area contributed by atoms with E-state index in [-0.39, 0.29) is 6.03 Å². The summed E-state index contributed by atoms with van der Waals surface area (Å²) in [6, 6.07) is 15.0. The molecule has 0 saturated heterocycles. The van der Waals surface area contributed by atoms with Crippen molar-refractivity contribution in [3.05, 3.63) is 58.6 Å². The molecule has 0 saturated carbocycles. The molecule has 3 rings (SSSR count). The maximum atomic E-state index is 12.0. The summed E-state index contributed by atoms with van der Waals surface area (Å²) in [5, 5.41) is 14.7. The van der Waals surface area contributed by atoms with Crippen LogP contribution in [0, 0.1) is 6.92 Å². The molecule has 0 fully saturated rings. The Balaban J connectivity index is 1.66. The van der Waals surface area contributed by atoms with Gasteiger partial charge in [-0.15, -0.1) is 10.2 Å². The second-order valence-electron chi connectivity index (χ2n) is 4.87. The zero-order valence-corrected chi connectivity index (χ0v) is 14.6. The lowest BCUT2D eigenvalue weighted by Crippen LogP contribution is -2.19. The van der Waals surface area contributed by atoms with Crippen LogP contribution in [0.5, 0.6) is 0 Å². The molecule has 7 heteroatoms. The summed E-state index contributed by atoms with van der Waals surface area (Å²) in [6.45, 7) is 1.99. The molecular formula is C16H13BrN4OS. The maximum absolute atomic E-state index is 12.0. The Morgan fingerprint density at radius 2 is 1.87 bits per heavy atom. The number of nitrogens with one attached hydrogen (secondary N) is 2. The Bertz CT molecular complexity index is 832. The Kier molecular flexibility index (Phi) is 4.68. The number of carbonyl (C=O) groups excluding carboxylic acids is 1. The number of carbonyl (C=O) groups is 1. The fourth-order valence-electron chi connectivity index (χ4n) is 1.91. The molecule has 0 radical (unpaired) electrons. The largest absolute Gasteiger partial charge is 0.325 e. The average molecular weight is 389 g/mol. The zero-order valence-electron chi connectivity index (χ0n) is 12.2. The van der Waals surface area contributed by atoms with Gasteiger partial charge >= 0.3 is 6.03 Å². The summed E-state index contributed by atoms with van der Waals surface area (Å²) in [7, 11) is 0. The van der Waals surface area contributed by atoms with Crippen molar-refractivity contribution in [2.24, 2.45) is 0 Å². The van der Waals surface area contributed by atoms with Crippen molar-refractivity contribution in [2.75, 3.05) is 10.6 Å². The zero-order chi connectivity index (χ0) is 16.2. The summed E-state index contributed by atoms with van der Waals surface area (Å²) in [5.41, 5.74) is 2.81. The molecular weight excluding hydrogens is 376 g/mol. The van der Waals surface area contributed by atoms with Gasteiger partial charge in [-0.1, -0.05) is 57.1 Å². The number of nitrogens with zero attached hydrogens (tertiary/aromatic N) is 2. The van der Waals surface area contributed by atoms with Crippen LogP contribution in [0.1, 0.15) is 5.56 Å². The molecule has 2 aromatic carbocycles. The van der Waals surface area contributed by atoms with Gasteiger partial charge in [0.2, 0.25) is 5.13 Å². The predicted octanol–water partition coefficient (Wildman–Crippen LogP) is 4.92. The number of halogens is 1. The number of hydrogen-bond donors (Lipinski definition) is 2. The van der Waals surface area contributed by atoms with E-state index in [2.05, 4.69) is 36.8 Å². The highest BCUT2D eigenvalue weighted by Crippen LogP contribution is 2.28. The first-order valence-corrected chi connectivity index (χ1v) is 8.45. The molecule has 0 aliphatic carbocycles. The van der Waals surface area contributed by atoms with Crippen LogP contribution in [0.15, 0.2) is 53.0 Å². The number of aryl methyl sites for hydroxylation is 1. The Morgan fingerprint density at radius 1 is 1.09 bits per heavy atom. The second kappa shape index (κ2) is 6.89. The number of anilines is 2. The standard InChI is InChI=1S/C16H13BrN4OS/c1-10-5-7-13(8-6-10)18-15(22)19-16-21-20-14(23-16)11-3-2-4-12(17)9-11/h2-9H,1H3,(H2,18,19,21,22). The summed E-state index contributed by atoms with van der Waals surface area (Å²) >= 11 is 4.75. The number of amides is 2. The SMILES string of the molecule is Cc1ccc(NC(=O)Nc2nnc(-c3cccc(Br)c3)s2)cc1. The first-order chi connectivity index (χ1) is 11.1. The van der Waals surface area contributed by atoms with Crippen LogP contribution < -0.4 is 10.6 Å². The van der Waals surface area contributed by atoms with Crippen LogP contribution in [-0.2, 0) is 0 Å². The molecule has 2 N–H and O–H groups in total. The van der Waals surface area contributed by atoms with Gasteiger partial charge in [0.25, 0.3) is 0 Å². The van der Waals surface area contributed by atoms with Gasteiger partial charge in [0.05, 0.1) is 0 Å². The highest BCUT2D eigenvalue weighted by Gasteiger charge is 2.10. The van der Waals surface area contributed by atoms with Crippen LogP contribution >= 0.6 is 27.3 Å². The molecule has 116 valence electrons. The van der Waals surface area contributed by atoms with Crippen molar-refractivity contribution in [1.82, 2.24) is 10.2 Å². The summed E-state index contributed by atoms with van der Waals surface area (Å²) in [6.07, 6.45) is 0. The molecule has 5 nitrogen and oxygen atoms in total. The van der Waals surface area contributed by atoms with E-state index in [9.17, 15) is 4.79 Å². The number of rotatable bonds is 3. The van der Waals surface area contributed by atoms with Crippen molar-refractivity contribution in [1.29, 1.82) is 0 Å². The van der Waals surface area contributed by atoms with Gasteiger partial charge in [0.1, 0.15) is 5.01 Å². The van der Waals surface area contributed by atoms with Crippen molar-refractivity contribution in [3.8, 4) is 10.6 Å². The Morgan fingerprint density at radius 3 is 2.61 bits per heavy atom. The lowest BCUT2D eigenvalue weighted by Gasteiger charge is -2.05. The minimum absolute atomic E-state index is 0.342. The van der Waals surface area contributed by atoms with Gasteiger partial charge in [-0.2, -0.15) is 0 Å². The summed E-state index contributed by atoms with van der Waals surface area (Å²) in [4.78, 5) is 12.0. The van der Waals surface area contributed by atoms with Crippen LogP contribution in [0.3, 0.4) is 0 Å². The molecule has 0 atom stereocenters. The van der Waals surface area contributed by atoms with E-state index >= 15 is 0 Å². The van der Waals surface area contributed by atoms with Crippen molar-refractivity contribution < 1.29 is 4.79 Å².